The number of fused-ring (bicyclic) bond motifs is 1. The van der Waals surface area contributed by atoms with Gasteiger partial charge < -0.3 is 24.3 Å². The molecule has 0 heterocycles. The molecule has 0 aromatic heterocycles. The van der Waals surface area contributed by atoms with Crippen LogP contribution in [-0.2, 0) is 11.2 Å². The number of carbonyl (C=O) groups is 1. The number of methoxy groups -OCH3 is 3. The SMILES string of the molecule is COc1cc2c(cc1OC)C(CNC(=O)COc1ccccc1OC)CC2. The van der Waals surface area contributed by atoms with Crippen molar-refractivity contribution in [3.8, 4) is 23.0 Å². The van der Waals surface area contributed by atoms with E-state index in [-0.39, 0.29) is 18.4 Å². The minimum absolute atomic E-state index is 0.0497. The van der Waals surface area contributed by atoms with E-state index in [0.29, 0.717) is 23.8 Å². The number of hydrogen-bond donors (Lipinski definition) is 1. The van der Waals surface area contributed by atoms with Crippen LogP contribution in [0.4, 0.5) is 0 Å². The molecule has 1 atom stereocenters. The molecule has 1 amide bonds. The average Bonchev–Trinajstić information content (AvgIpc) is 3.11. The third kappa shape index (κ3) is 4.27. The maximum absolute atomic E-state index is 12.2. The van der Waals surface area contributed by atoms with Crippen molar-refractivity contribution in [2.75, 3.05) is 34.5 Å². The van der Waals surface area contributed by atoms with Crippen LogP contribution in [-0.4, -0.2) is 40.4 Å². The number of para-hydroxylation sites is 2. The third-order valence-corrected chi connectivity index (χ3v) is 4.82. The van der Waals surface area contributed by atoms with E-state index in [0.717, 1.165) is 18.6 Å². The third-order valence-electron chi connectivity index (χ3n) is 4.82. The molecular formula is C21H25NO5. The Hall–Kier alpha value is -2.89. The Bertz CT molecular complexity index is 805. The fraction of sp³-hybridized carbons (Fsp3) is 0.381. The fourth-order valence-corrected chi connectivity index (χ4v) is 3.40. The van der Waals surface area contributed by atoms with Crippen molar-refractivity contribution in [2.45, 2.75) is 18.8 Å². The Morgan fingerprint density at radius 3 is 2.37 bits per heavy atom. The fourth-order valence-electron chi connectivity index (χ4n) is 3.40. The lowest BCUT2D eigenvalue weighted by Gasteiger charge is -2.16. The van der Waals surface area contributed by atoms with Crippen molar-refractivity contribution in [2.24, 2.45) is 0 Å². The Morgan fingerprint density at radius 1 is 1.00 bits per heavy atom. The van der Waals surface area contributed by atoms with Crippen molar-refractivity contribution in [3.63, 3.8) is 0 Å². The second kappa shape index (κ2) is 8.66. The van der Waals surface area contributed by atoms with Crippen LogP contribution in [0.3, 0.4) is 0 Å². The summed E-state index contributed by atoms with van der Waals surface area (Å²) in [5.41, 5.74) is 2.45. The summed E-state index contributed by atoms with van der Waals surface area (Å²) in [7, 11) is 4.84. The zero-order valence-corrected chi connectivity index (χ0v) is 15.9. The minimum atomic E-state index is -0.158. The molecule has 0 saturated carbocycles. The van der Waals surface area contributed by atoms with Crippen molar-refractivity contribution >= 4 is 5.91 Å². The summed E-state index contributed by atoms with van der Waals surface area (Å²) in [5, 5.41) is 2.96. The van der Waals surface area contributed by atoms with Crippen LogP contribution >= 0.6 is 0 Å². The maximum Gasteiger partial charge on any atom is 0.257 e. The largest absolute Gasteiger partial charge is 0.493 e. The highest BCUT2D eigenvalue weighted by Gasteiger charge is 2.25. The quantitative estimate of drug-likeness (QED) is 0.773. The van der Waals surface area contributed by atoms with Gasteiger partial charge in [-0.3, -0.25) is 4.79 Å². The van der Waals surface area contributed by atoms with E-state index >= 15 is 0 Å². The zero-order valence-electron chi connectivity index (χ0n) is 15.9. The predicted octanol–water partition coefficient (Wildman–Crippen LogP) is 2.94. The van der Waals surface area contributed by atoms with E-state index in [1.54, 1.807) is 33.5 Å². The van der Waals surface area contributed by atoms with Gasteiger partial charge in [-0.2, -0.15) is 0 Å². The van der Waals surface area contributed by atoms with Gasteiger partial charge in [-0.05, 0) is 48.2 Å². The topological polar surface area (TPSA) is 66.0 Å². The Morgan fingerprint density at radius 2 is 1.67 bits per heavy atom. The van der Waals surface area contributed by atoms with E-state index in [4.69, 9.17) is 18.9 Å². The molecule has 3 rings (SSSR count). The van der Waals surface area contributed by atoms with Crippen LogP contribution in [0.2, 0.25) is 0 Å². The molecule has 1 aliphatic carbocycles. The van der Waals surface area contributed by atoms with E-state index in [9.17, 15) is 4.79 Å². The number of rotatable bonds is 8. The monoisotopic (exact) mass is 371 g/mol. The first-order valence-corrected chi connectivity index (χ1v) is 8.93. The average molecular weight is 371 g/mol. The van der Waals surface area contributed by atoms with Crippen LogP contribution in [0.15, 0.2) is 36.4 Å². The van der Waals surface area contributed by atoms with Crippen LogP contribution in [0, 0.1) is 0 Å². The minimum Gasteiger partial charge on any atom is -0.493 e. The second-order valence-corrected chi connectivity index (χ2v) is 6.39. The number of aryl methyl sites for hydroxylation is 1. The number of carbonyl (C=O) groups excluding carboxylic acids is 1. The first-order valence-electron chi connectivity index (χ1n) is 8.93. The van der Waals surface area contributed by atoms with Gasteiger partial charge in [0.05, 0.1) is 21.3 Å². The van der Waals surface area contributed by atoms with E-state index in [1.807, 2.05) is 24.3 Å². The van der Waals surface area contributed by atoms with E-state index in [2.05, 4.69) is 5.32 Å². The van der Waals surface area contributed by atoms with Crippen LogP contribution < -0.4 is 24.3 Å². The first-order chi connectivity index (χ1) is 13.2. The van der Waals surface area contributed by atoms with Gasteiger partial charge in [0.1, 0.15) is 0 Å². The highest BCUT2D eigenvalue weighted by Crippen LogP contribution is 2.40. The Labute approximate surface area is 159 Å². The van der Waals surface area contributed by atoms with Gasteiger partial charge in [-0.25, -0.2) is 0 Å². The zero-order chi connectivity index (χ0) is 19.2. The van der Waals surface area contributed by atoms with Crippen molar-refractivity contribution in [1.82, 2.24) is 5.32 Å². The number of amides is 1. The normalized spacial score (nSPS) is 15.0. The molecule has 0 aliphatic heterocycles. The van der Waals surface area contributed by atoms with Crippen LogP contribution in [0.1, 0.15) is 23.5 Å². The number of ether oxygens (including phenoxy) is 4. The summed E-state index contributed by atoms with van der Waals surface area (Å²) in [6.07, 6.45) is 1.95. The summed E-state index contributed by atoms with van der Waals surface area (Å²) >= 11 is 0. The summed E-state index contributed by atoms with van der Waals surface area (Å²) in [6, 6.07) is 11.3. The molecule has 0 bridgehead atoms. The van der Waals surface area contributed by atoms with Crippen molar-refractivity contribution in [3.05, 3.63) is 47.5 Å². The molecule has 0 spiro atoms. The standard InChI is InChI=1S/C21H25NO5/c1-24-17-6-4-5-7-18(17)27-13-21(23)22-12-15-9-8-14-10-19(25-2)20(26-3)11-16(14)15/h4-7,10-11,15H,8-9,12-13H2,1-3H3,(H,22,23). The van der Waals surface area contributed by atoms with Crippen LogP contribution in [0.25, 0.3) is 0 Å². The smallest absolute Gasteiger partial charge is 0.257 e. The lowest BCUT2D eigenvalue weighted by atomic mass is 10.0. The summed E-state index contributed by atoms with van der Waals surface area (Å²) in [6.45, 7) is 0.516. The Balaban J connectivity index is 1.56. The molecule has 1 aliphatic rings. The molecule has 6 nitrogen and oxygen atoms in total. The van der Waals surface area contributed by atoms with Crippen LogP contribution in [0.5, 0.6) is 23.0 Å². The molecule has 0 saturated heterocycles. The molecule has 0 fully saturated rings. The first kappa shape index (κ1) is 18.9. The number of hydrogen-bond acceptors (Lipinski definition) is 5. The highest BCUT2D eigenvalue weighted by molar-refractivity contribution is 5.77. The molecule has 27 heavy (non-hydrogen) atoms. The summed E-state index contributed by atoms with van der Waals surface area (Å²) in [4.78, 5) is 12.2. The van der Waals surface area contributed by atoms with Gasteiger partial charge >= 0.3 is 0 Å². The molecule has 6 heteroatoms. The van der Waals surface area contributed by atoms with E-state index < -0.39 is 0 Å². The molecule has 1 unspecified atom stereocenters. The van der Waals surface area contributed by atoms with Gasteiger partial charge in [0, 0.05) is 12.5 Å². The lowest BCUT2D eigenvalue weighted by molar-refractivity contribution is -0.123. The summed E-state index contributed by atoms with van der Waals surface area (Å²) < 4.78 is 21.6. The molecule has 0 radical (unpaired) electrons. The maximum atomic E-state index is 12.2. The van der Waals surface area contributed by atoms with Gasteiger partial charge in [0.25, 0.3) is 5.91 Å². The molecular weight excluding hydrogens is 346 g/mol. The van der Waals surface area contributed by atoms with Gasteiger partial charge in [-0.1, -0.05) is 12.1 Å². The molecule has 144 valence electrons. The van der Waals surface area contributed by atoms with Crippen molar-refractivity contribution in [1.29, 1.82) is 0 Å². The van der Waals surface area contributed by atoms with Gasteiger partial charge in [0.15, 0.2) is 29.6 Å². The lowest BCUT2D eigenvalue weighted by Crippen LogP contribution is -2.32. The highest BCUT2D eigenvalue weighted by atomic mass is 16.5. The van der Waals surface area contributed by atoms with Gasteiger partial charge in [-0.15, -0.1) is 0 Å². The predicted molar refractivity (Wildman–Crippen MR) is 102 cm³/mol. The number of benzene rings is 2. The van der Waals surface area contributed by atoms with E-state index in [1.165, 1.54) is 11.1 Å². The molecule has 1 N–H and O–H groups in total. The summed E-state index contributed by atoms with van der Waals surface area (Å²) in [5.74, 6) is 2.72. The molecule has 2 aromatic carbocycles. The van der Waals surface area contributed by atoms with Crippen molar-refractivity contribution < 1.29 is 23.7 Å². The van der Waals surface area contributed by atoms with Gasteiger partial charge in [0.2, 0.25) is 0 Å². The number of nitrogens with one attached hydrogen (secondary N) is 1. The molecule has 2 aromatic rings. The Kier molecular flexibility index (Phi) is 6.06. The second-order valence-electron chi connectivity index (χ2n) is 6.39.